The van der Waals surface area contributed by atoms with Crippen LogP contribution >= 0.6 is 11.6 Å². The molecular weight excluding hydrogens is 254 g/mol. The van der Waals surface area contributed by atoms with Crippen molar-refractivity contribution in [3.8, 4) is 5.75 Å². The largest absolute Gasteiger partial charge is 0.497 e. The molecule has 0 radical (unpaired) electrons. The van der Waals surface area contributed by atoms with Gasteiger partial charge in [0.05, 0.1) is 13.5 Å². The van der Waals surface area contributed by atoms with Crippen molar-refractivity contribution in [1.29, 1.82) is 0 Å². The number of benzene rings is 1. The van der Waals surface area contributed by atoms with Crippen LogP contribution in [0.2, 0.25) is 5.02 Å². The van der Waals surface area contributed by atoms with Crippen LogP contribution < -0.4 is 10.1 Å². The zero-order valence-electron chi connectivity index (χ0n) is 10.7. The smallest absolute Gasteiger partial charge is 0.224 e. The molecule has 1 aromatic carbocycles. The quantitative estimate of drug-likeness (QED) is 0.772. The molecule has 1 N–H and O–H groups in total. The minimum Gasteiger partial charge on any atom is -0.497 e. The highest BCUT2D eigenvalue weighted by atomic mass is 35.5. The van der Waals surface area contributed by atoms with Gasteiger partial charge in [0.15, 0.2) is 0 Å². The Balaban J connectivity index is 2.44. The number of amides is 1. The van der Waals surface area contributed by atoms with Crippen molar-refractivity contribution >= 4 is 17.5 Å². The lowest BCUT2D eigenvalue weighted by Crippen LogP contribution is -2.26. The first-order valence-electron chi connectivity index (χ1n) is 5.75. The Hall–Kier alpha value is -1.26. The number of carbonyl (C=O) groups excluding carboxylic acids is 1. The maximum absolute atomic E-state index is 11.6. The molecule has 1 aromatic rings. The monoisotopic (exact) mass is 271 g/mol. The highest BCUT2D eigenvalue weighted by Gasteiger charge is 2.07. The van der Waals surface area contributed by atoms with Gasteiger partial charge in [0.2, 0.25) is 5.91 Å². The predicted molar refractivity (Wildman–Crippen MR) is 71.2 cm³/mol. The third kappa shape index (κ3) is 4.94. The van der Waals surface area contributed by atoms with E-state index in [1.807, 2.05) is 0 Å². The molecule has 0 aliphatic heterocycles. The van der Waals surface area contributed by atoms with Gasteiger partial charge in [0.1, 0.15) is 5.75 Å². The van der Waals surface area contributed by atoms with Crippen molar-refractivity contribution in [2.75, 3.05) is 27.4 Å². The van der Waals surface area contributed by atoms with Crippen LogP contribution in [0.15, 0.2) is 18.2 Å². The highest BCUT2D eigenvalue weighted by molar-refractivity contribution is 6.31. The van der Waals surface area contributed by atoms with Crippen LogP contribution in [0.1, 0.15) is 12.0 Å². The van der Waals surface area contributed by atoms with Crippen LogP contribution in [0.5, 0.6) is 5.75 Å². The van der Waals surface area contributed by atoms with E-state index in [0.717, 1.165) is 12.0 Å². The minimum absolute atomic E-state index is 0.0434. The lowest BCUT2D eigenvalue weighted by atomic mass is 10.1. The fourth-order valence-corrected chi connectivity index (χ4v) is 1.72. The molecule has 0 fully saturated rings. The summed E-state index contributed by atoms with van der Waals surface area (Å²) < 4.78 is 9.95. The molecule has 1 rings (SSSR count). The zero-order chi connectivity index (χ0) is 13.4. The second kappa shape index (κ2) is 7.95. The molecule has 5 heteroatoms. The van der Waals surface area contributed by atoms with Gasteiger partial charge in [-0.15, -0.1) is 0 Å². The van der Waals surface area contributed by atoms with Crippen molar-refractivity contribution in [3.63, 3.8) is 0 Å². The fourth-order valence-electron chi connectivity index (χ4n) is 1.48. The van der Waals surface area contributed by atoms with Crippen LogP contribution in [0.4, 0.5) is 0 Å². The van der Waals surface area contributed by atoms with Gasteiger partial charge in [0.25, 0.3) is 0 Å². The lowest BCUT2D eigenvalue weighted by Gasteiger charge is -2.07. The van der Waals surface area contributed by atoms with Crippen molar-refractivity contribution in [2.45, 2.75) is 12.8 Å². The van der Waals surface area contributed by atoms with Crippen molar-refractivity contribution in [2.24, 2.45) is 0 Å². The molecule has 0 aliphatic carbocycles. The first-order chi connectivity index (χ1) is 8.67. The predicted octanol–water partition coefficient (Wildman–Crippen LogP) is 2.04. The Morgan fingerprint density at radius 1 is 1.39 bits per heavy atom. The van der Waals surface area contributed by atoms with Gasteiger partial charge < -0.3 is 14.8 Å². The van der Waals surface area contributed by atoms with Crippen LogP contribution in [0, 0.1) is 0 Å². The molecule has 18 heavy (non-hydrogen) atoms. The molecule has 0 unspecified atom stereocenters. The Labute approximate surface area is 112 Å². The van der Waals surface area contributed by atoms with E-state index in [1.165, 1.54) is 0 Å². The second-order valence-corrected chi connectivity index (χ2v) is 4.24. The van der Waals surface area contributed by atoms with Gasteiger partial charge in [-0.1, -0.05) is 17.7 Å². The SMILES string of the molecule is COCCCNC(=O)Cc1ccc(OC)cc1Cl. The highest BCUT2D eigenvalue weighted by Crippen LogP contribution is 2.22. The molecule has 0 bridgehead atoms. The van der Waals surface area contributed by atoms with E-state index in [2.05, 4.69) is 5.32 Å². The summed E-state index contributed by atoms with van der Waals surface area (Å²) >= 11 is 6.06. The summed E-state index contributed by atoms with van der Waals surface area (Å²) in [6, 6.07) is 5.30. The van der Waals surface area contributed by atoms with Gasteiger partial charge >= 0.3 is 0 Å². The van der Waals surface area contributed by atoms with E-state index in [4.69, 9.17) is 21.1 Å². The second-order valence-electron chi connectivity index (χ2n) is 3.83. The first-order valence-corrected chi connectivity index (χ1v) is 6.13. The van der Waals surface area contributed by atoms with Gasteiger partial charge in [-0.05, 0) is 24.1 Å². The van der Waals surface area contributed by atoms with Crippen molar-refractivity contribution in [1.82, 2.24) is 5.32 Å². The molecule has 0 heterocycles. The van der Waals surface area contributed by atoms with Crippen molar-refractivity contribution < 1.29 is 14.3 Å². The summed E-state index contributed by atoms with van der Waals surface area (Å²) in [5.74, 6) is 0.641. The molecule has 0 aromatic heterocycles. The average Bonchev–Trinajstić information content (AvgIpc) is 2.37. The molecule has 0 saturated heterocycles. The molecule has 100 valence electrons. The number of nitrogens with one attached hydrogen (secondary N) is 1. The summed E-state index contributed by atoms with van der Waals surface area (Å²) in [4.78, 5) is 11.6. The summed E-state index contributed by atoms with van der Waals surface area (Å²) in [5.41, 5.74) is 0.793. The van der Waals surface area contributed by atoms with Gasteiger partial charge in [-0.2, -0.15) is 0 Å². The number of hydrogen-bond acceptors (Lipinski definition) is 3. The Bertz CT molecular complexity index is 396. The Morgan fingerprint density at radius 2 is 2.17 bits per heavy atom. The van der Waals surface area contributed by atoms with E-state index < -0.39 is 0 Å². The summed E-state index contributed by atoms with van der Waals surface area (Å²) in [6.07, 6.45) is 1.08. The lowest BCUT2D eigenvalue weighted by molar-refractivity contribution is -0.120. The van der Waals surface area contributed by atoms with E-state index in [1.54, 1.807) is 32.4 Å². The molecule has 0 spiro atoms. The molecule has 0 saturated carbocycles. The molecular formula is C13H18ClNO3. The molecule has 4 nitrogen and oxygen atoms in total. The van der Waals surface area contributed by atoms with E-state index in [-0.39, 0.29) is 12.3 Å². The normalized spacial score (nSPS) is 10.2. The maximum atomic E-state index is 11.6. The van der Waals surface area contributed by atoms with Crippen LogP contribution in [-0.4, -0.2) is 33.3 Å². The van der Waals surface area contributed by atoms with Gasteiger partial charge in [0, 0.05) is 25.3 Å². The standard InChI is InChI=1S/C13H18ClNO3/c1-17-7-3-6-15-13(16)8-10-4-5-11(18-2)9-12(10)14/h4-5,9H,3,6-8H2,1-2H3,(H,15,16). The summed E-state index contributed by atoms with van der Waals surface area (Å²) in [7, 11) is 3.22. The number of ether oxygens (including phenoxy) is 2. The van der Waals surface area contributed by atoms with E-state index in [0.29, 0.717) is 23.9 Å². The molecule has 1 amide bonds. The number of halogens is 1. The third-order valence-corrected chi connectivity index (χ3v) is 2.81. The van der Waals surface area contributed by atoms with Crippen LogP contribution in [-0.2, 0) is 16.0 Å². The summed E-state index contributed by atoms with van der Waals surface area (Å²) in [5, 5.41) is 3.36. The van der Waals surface area contributed by atoms with Crippen LogP contribution in [0.3, 0.4) is 0 Å². The molecule has 0 aliphatic rings. The van der Waals surface area contributed by atoms with Crippen molar-refractivity contribution in [3.05, 3.63) is 28.8 Å². The average molecular weight is 272 g/mol. The van der Waals surface area contributed by atoms with E-state index >= 15 is 0 Å². The number of rotatable bonds is 7. The third-order valence-electron chi connectivity index (χ3n) is 2.46. The Kier molecular flexibility index (Phi) is 6.54. The molecule has 0 atom stereocenters. The maximum Gasteiger partial charge on any atom is 0.224 e. The van der Waals surface area contributed by atoms with Crippen LogP contribution in [0.25, 0.3) is 0 Å². The zero-order valence-corrected chi connectivity index (χ0v) is 11.4. The number of carbonyl (C=O) groups is 1. The summed E-state index contributed by atoms with van der Waals surface area (Å²) in [6.45, 7) is 1.25. The Morgan fingerprint density at radius 3 is 2.78 bits per heavy atom. The van der Waals surface area contributed by atoms with E-state index in [9.17, 15) is 4.79 Å². The topological polar surface area (TPSA) is 47.6 Å². The van der Waals surface area contributed by atoms with Gasteiger partial charge in [-0.25, -0.2) is 0 Å². The first kappa shape index (κ1) is 14.8. The minimum atomic E-state index is -0.0434. The number of methoxy groups -OCH3 is 2. The number of hydrogen-bond donors (Lipinski definition) is 1. The van der Waals surface area contributed by atoms with Gasteiger partial charge in [-0.3, -0.25) is 4.79 Å². The fraction of sp³-hybridized carbons (Fsp3) is 0.462.